The minimum absolute atomic E-state index is 0.0377. The number of fused-ring (bicyclic) bond motifs is 1. The van der Waals surface area contributed by atoms with Crippen molar-refractivity contribution >= 4 is 60.5 Å². The van der Waals surface area contributed by atoms with Gasteiger partial charge in [-0.2, -0.15) is 4.31 Å². The monoisotopic (exact) mass is 606 g/mol. The fraction of sp³-hybridized carbons (Fsp3) is 0.481. The molecule has 0 aliphatic heterocycles. The number of thioether (sulfide) groups is 1. The standard InChI is InChI=1S/C27H34N4O6S3/c1-37-16-15-31(14-13-24(32)33)40(35,36)20-9-7-19(8-10-20)21(17-18-5-3-4-6-18)25(34)30-27-28-22-11-12-23(38-2)29-26(22)39-27/h7-12,18,21H,3-6,13-17H2,1-2H3,(H,32,33)(H,28,30,34)/t21-/m1/s1. The summed E-state index contributed by atoms with van der Waals surface area (Å²) < 4.78 is 32.7. The number of amides is 1. The van der Waals surface area contributed by atoms with Crippen LogP contribution in [0.1, 0.15) is 50.0 Å². The summed E-state index contributed by atoms with van der Waals surface area (Å²) in [6, 6.07) is 10.1. The molecule has 1 saturated carbocycles. The molecule has 1 aliphatic carbocycles. The number of carboxylic acid groups (broad SMARTS) is 1. The predicted octanol–water partition coefficient (Wildman–Crippen LogP) is 4.83. The van der Waals surface area contributed by atoms with Crippen molar-refractivity contribution in [1.82, 2.24) is 14.3 Å². The lowest BCUT2D eigenvalue weighted by molar-refractivity contribution is -0.137. The van der Waals surface area contributed by atoms with E-state index in [-0.39, 0.29) is 36.9 Å². The second kappa shape index (κ2) is 13.9. The second-order valence-corrected chi connectivity index (χ2v) is 13.5. The van der Waals surface area contributed by atoms with Gasteiger partial charge in [-0.05, 0) is 48.4 Å². The first-order chi connectivity index (χ1) is 19.2. The number of hydrogen-bond acceptors (Lipinski definition) is 9. The minimum Gasteiger partial charge on any atom is -0.481 e. The highest BCUT2D eigenvalue weighted by molar-refractivity contribution is 7.98. The minimum atomic E-state index is -3.95. The van der Waals surface area contributed by atoms with Crippen LogP contribution in [-0.2, 0) is 24.3 Å². The maximum absolute atomic E-state index is 13.6. The summed E-state index contributed by atoms with van der Waals surface area (Å²) in [6.07, 6.45) is 6.72. The number of rotatable bonds is 14. The largest absolute Gasteiger partial charge is 0.481 e. The topological polar surface area (TPSA) is 139 Å². The maximum Gasteiger partial charge on any atom is 0.304 e. The number of methoxy groups -OCH3 is 1. The zero-order chi connectivity index (χ0) is 28.7. The van der Waals surface area contributed by atoms with Crippen molar-refractivity contribution in [2.75, 3.05) is 38.4 Å². The van der Waals surface area contributed by atoms with E-state index in [9.17, 15) is 18.0 Å². The van der Waals surface area contributed by atoms with E-state index >= 15 is 0 Å². The summed E-state index contributed by atoms with van der Waals surface area (Å²) in [5.41, 5.74) is 1.45. The highest BCUT2D eigenvalue weighted by Crippen LogP contribution is 2.36. The third kappa shape index (κ3) is 7.58. The third-order valence-corrected chi connectivity index (χ3v) is 10.5. The number of pyridine rings is 1. The number of benzene rings is 1. The summed E-state index contributed by atoms with van der Waals surface area (Å²) in [5, 5.41) is 13.4. The molecule has 2 aromatic heterocycles. The van der Waals surface area contributed by atoms with Gasteiger partial charge in [0, 0.05) is 20.2 Å². The Kier molecular flexibility index (Phi) is 10.5. The molecule has 216 valence electrons. The van der Waals surface area contributed by atoms with Crippen LogP contribution in [0.2, 0.25) is 0 Å². The van der Waals surface area contributed by atoms with Crippen LogP contribution in [0.15, 0.2) is 46.3 Å². The molecule has 0 bridgehead atoms. The average Bonchev–Trinajstić information content (AvgIpc) is 3.60. The second-order valence-electron chi connectivity index (χ2n) is 9.73. The number of aromatic nitrogens is 2. The van der Waals surface area contributed by atoms with Gasteiger partial charge in [-0.25, -0.2) is 18.4 Å². The number of aliphatic carboxylic acids is 1. The molecule has 1 aliphatic rings. The van der Waals surface area contributed by atoms with E-state index < -0.39 is 21.9 Å². The average molecular weight is 607 g/mol. The Labute approximate surface area is 242 Å². The molecular weight excluding hydrogens is 573 g/mol. The normalized spacial score (nSPS) is 15.1. The van der Waals surface area contributed by atoms with Gasteiger partial charge in [0.25, 0.3) is 0 Å². The van der Waals surface area contributed by atoms with Gasteiger partial charge >= 0.3 is 5.97 Å². The van der Waals surface area contributed by atoms with Crippen LogP contribution in [0.4, 0.5) is 5.13 Å². The molecule has 40 heavy (non-hydrogen) atoms. The van der Waals surface area contributed by atoms with Crippen LogP contribution in [0.25, 0.3) is 10.3 Å². The van der Waals surface area contributed by atoms with Crippen LogP contribution >= 0.6 is 23.1 Å². The molecule has 2 heterocycles. The fourth-order valence-corrected chi connectivity index (χ4v) is 7.63. The molecule has 2 N–H and O–H groups in total. The summed E-state index contributed by atoms with van der Waals surface area (Å²) in [4.78, 5) is 34.6. The summed E-state index contributed by atoms with van der Waals surface area (Å²) in [7, 11) is -2.49. The van der Waals surface area contributed by atoms with Crippen molar-refractivity contribution in [3.05, 3.63) is 42.0 Å². The van der Waals surface area contributed by atoms with Crippen LogP contribution in [0.5, 0.6) is 0 Å². The van der Waals surface area contributed by atoms with Crippen LogP contribution < -0.4 is 5.32 Å². The molecule has 1 aromatic carbocycles. The van der Waals surface area contributed by atoms with Gasteiger partial charge in [0.1, 0.15) is 10.3 Å². The zero-order valence-corrected chi connectivity index (χ0v) is 25.0. The Balaban J connectivity index is 1.56. The number of ether oxygens (including phenoxy) is 1. The van der Waals surface area contributed by atoms with E-state index in [4.69, 9.17) is 9.84 Å². The third-order valence-electron chi connectivity index (χ3n) is 7.07. The van der Waals surface area contributed by atoms with Crippen molar-refractivity contribution in [3.63, 3.8) is 0 Å². The molecule has 0 saturated heterocycles. The summed E-state index contributed by atoms with van der Waals surface area (Å²) in [6.45, 7) is 0.0153. The van der Waals surface area contributed by atoms with E-state index in [0.717, 1.165) is 50.9 Å². The quantitative estimate of drug-likeness (QED) is 0.247. The number of carboxylic acids is 1. The number of thiazole rings is 1. The van der Waals surface area contributed by atoms with E-state index in [1.165, 1.54) is 30.6 Å². The van der Waals surface area contributed by atoms with Gasteiger partial charge in [-0.15, -0.1) is 11.8 Å². The summed E-state index contributed by atoms with van der Waals surface area (Å²) in [5.74, 6) is -1.32. The first-order valence-electron chi connectivity index (χ1n) is 13.1. The highest BCUT2D eigenvalue weighted by Gasteiger charge is 2.29. The molecule has 3 aromatic rings. The molecular formula is C27H34N4O6S3. The van der Waals surface area contributed by atoms with Crippen molar-refractivity contribution in [2.24, 2.45) is 5.92 Å². The molecule has 0 radical (unpaired) electrons. The Morgan fingerprint density at radius 1 is 1.15 bits per heavy atom. The molecule has 1 fully saturated rings. The van der Waals surface area contributed by atoms with Gasteiger partial charge in [-0.1, -0.05) is 49.2 Å². The number of carbonyl (C=O) groups is 2. The molecule has 4 rings (SSSR count). The molecule has 10 nitrogen and oxygen atoms in total. The zero-order valence-electron chi connectivity index (χ0n) is 22.5. The van der Waals surface area contributed by atoms with Crippen LogP contribution in [0.3, 0.4) is 0 Å². The number of nitrogens with zero attached hydrogens (tertiary/aromatic N) is 3. The predicted molar refractivity (Wildman–Crippen MR) is 156 cm³/mol. The highest BCUT2D eigenvalue weighted by atomic mass is 32.2. The van der Waals surface area contributed by atoms with Gasteiger partial charge in [0.15, 0.2) is 5.13 Å². The van der Waals surface area contributed by atoms with Crippen molar-refractivity contribution < 1.29 is 27.9 Å². The van der Waals surface area contributed by atoms with Crippen LogP contribution in [-0.4, -0.2) is 72.7 Å². The van der Waals surface area contributed by atoms with E-state index in [0.29, 0.717) is 17.5 Å². The number of sulfonamides is 1. The number of hydrogen-bond donors (Lipinski definition) is 2. The number of carbonyl (C=O) groups excluding carboxylic acids is 1. The Bertz CT molecular complexity index is 1420. The fourth-order valence-electron chi connectivity index (χ4n) is 4.92. The van der Waals surface area contributed by atoms with E-state index in [2.05, 4.69) is 15.3 Å². The van der Waals surface area contributed by atoms with Crippen molar-refractivity contribution in [3.8, 4) is 0 Å². The Morgan fingerprint density at radius 3 is 2.52 bits per heavy atom. The van der Waals surface area contributed by atoms with Gasteiger partial charge in [0.2, 0.25) is 15.9 Å². The van der Waals surface area contributed by atoms with Crippen molar-refractivity contribution in [1.29, 1.82) is 0 Å². The van der Waals surface area contributed by atoms with Gasteiger partial charge in [0.05, 0.1) is 28.9 Å². The Morgan fingerprint density at radius 2 is 1.88 bits per heavy atom. The maximum atomic E-state index is 13.6. The number of anilines is 1. The van der Waals surface area contributed by atoms with Crippen molar-refractivity contribution in [2.45, 2.75) is 54.4 Å². The lowest BCUT2D eigenvalue weighted by atomic mass is 9.87. The molecule has 13 heteroatoms. The lowest BCUT2D eigenvalue weighted by Gasteiger charge is -2.23. The SMILES string of the molecule is COCCN(CCC(=O)O)S(=O)(=O)c1ccc([C@@H](CC2CCCC2)C(=O)Nc2nc3ccc(SC)nc3s2)cc1. The first kappa shape index (κ1) is 30.4. The molecule has 1 atom stereocenters. The van der Waals surface area contributed by atoms with Crippen LogP contribution in [0, 0.1) is 5.92 Å². The molecule has 1 amide bonds. The lowest BCUT2D eigenvalue weighted by Crippen LogP contribution is -2.35. The van der Waals surface area contributed by atoms with Gasteiger partial charge < -0.3 is 15.2 Å². The summed E-state index contributed by atoms with van der Waals surface area (Å²) >= 11 is 2.87. The van der Waals surface area contributed by atoms with E-state index in [1.807, 2.05) is 18.4 Å². The van der Waals surface area contributed by atoms with E-state index in [1.54, 1.807) is 23.9 Å². The first-order valence-corrected chi connectivity index (χ1v) is 16.6. The van der Waals surface area contributed by atoms with Gasteiger partial charge in [-0.3, -0.25) is 9.59 Å². The smallest absolute Gasteiger partial charge is 0.304 e. The molecule has 0 unspecified atom stereocenters. The Hall–Kier alpha value is -2.58. The number of nitrogens with one attached hydrogen (secondary N) is 1. The molecule has 0 spiro atoms.